The van der Waals surface area contributed by atoms with Gasteiger partial charge in [-0.1, -0.05) is 54.6 Å². The zero-order valence-corrected chi connectivity index (χ0v) is 46.8. The van der Waals surface area contributed by atoms with Gasteiger partial charge in [-0.25, -0.2) is 4.79 Å². The monoisotopic (exact) mass is 1110 g/mol. The van der Waals surface area contributed by atoms with Crippen molar-refractivity contribution in [3.05, 3.63) is 166 Å². The fraction of sp³-hybridized carbons (Fsp3) is 0.267. The Morgan fingerprint density at radius 2 is 1.25 bits per heavy atom. The Bertz CT molecular complexity index is 3620. The van der Waals surface area contributed by atoms with Crippen LogP contribution in [0, 0.1) is 30.4 Å². The Hall–Kier alpha value is -7.08. The van der Waals surface area contributed by atoms with Crippen LogP contribution in [0.25, 0.3) is 45.3 Å². The van der Waals surface area contributed by atoms with Gasteiger partial charge in [0.2, 0.25) is 13.7 Å². The highest BCUT2D eigenvalue weighted by atomic mass is 31.2. The van der Waals surface area contributed by atoms with E-state index in [1.54, 1.807) is 52.3 Å². The smallest absolute Gasteiger partial charge is 0.481 e. The molecule has 2 atom stereocenters. The lowest BCUT2D eigenvalue weighted by Gasteiger charge is -2.39. The number of hydrogen-bond donors (Lipinski definition) is 3. The van der Waals surface area contributed by atoms with Gasteiger partial charge in [-0.15, -0.1) is 16.6 Å². The van der Waals surface area contributed by atoms with Crippen molar-refractivity contribution in [1.82, 2.24) is 4.48 Å². The minimum Gasteiger partial charge on any atom is -0.481 e. The van der Waals surface area contributed by atoms with Gasteiger partial charge >= 0.3 is 27.6 Å². The largest absolute Gasteiger partial charge is 0.520 e. The van der Waals surface area contributed by atoms with Crippen molar-refractivity contribution < 1.29 is 70.8 Å². The maximum absolute atomic E-state index is 12.3. The molecule has 3 N–H and O–H groups in total. The number of nitrogens with zero attached hydrogens (tertiary/aromatic N) is 2. The molecule has 0 bridgehead atoms. The molecule has 2 aliphatic heterocycles. The topological polar surface area (TPSA) is 196 Å². The minimum atomic E-state index is -3.90. The van der Waals surface area contributed by atoms with Crippen LogP contribution in [0.3, 0.4) is 0 Å². The number of aryl methyl sites for hydroxylation is 1. The van der Waals surface area contributed by atoms with Crippen LogP contribution in [-0.4, -0.2) is 122 Å². The maximum atomic E-state index is 12.3. The van der Waals surface area contributed by atoms with Crippen LogP contribution in [0.1, 0.15) is 64.8 Å². The molecule has 0 amide bonds. The van der Waals surface area contributed by atoms with Crippen LogP contribution < -0.4 is 9.47 Å². The number of carboxylic acids is 1. The fourth-order valence-corrected chi connectivity index (χ4v) is 11.1. The highest BCUT2D eigenvalue weighted by Gasteiger charge is 2.51. The highest BCUT2D eigenvalue weighted by molar-refractivity contribution is 7.52. The van der Waals surface area contributed by atoms with Crippen LogP contribution in [0.5, 0.6) is 11.5 Å². The summed E-state index contributed by atoms with van der Waals surface area (Å²) in [6, 6.07) is 31.9. The summed E-state index contributed by atoms with van der Waals surface area (Å²) in [5.41, 5.74) is 8.68. The molecule has 0 saturated carbocycles. The summed E-state index contributed by atoms with van der Waals surface area (Å²) in [6.07, 6.45) is 6.79. The number of methoxy groups -OCH3 is 2. The number of aromatic carboxylic acids is 1. The van der Waals surface area contributed by atoms with E-state index >= 15 is 0 Å². The second kappa shape index (κ2) is 26.3. The van der Waals surface area contributed by atoms with Crippen molar-refractivity contribution >= 4 is 78.6 Å². The van der Waals surface area contributed by atoms with Gasteiger partial charge in [-0.05, 0) is 138 Å². The summed E-state index contributed by atoms with van der Waals surface area (Å²) in [7, 11) is -4.58. The first-order valence-electron chi connectivity index (χ1n) is 25.7. The molecule has 79 heavy (non-hydrogen) atoms. The molecule has 6 aromatic rings. The third kappa shape index (κ3) is 14.0. The Kier molecular flexibility index (Phi) is 19.3. The van der Waals surface area contributed by atoms with Gasteiger partial charge in [-0.2, -0.15) is 11.6 Å². The standard InChI is InChI=1S/C60H63BN2O14P2/c1-7-76-78(66,67)41-74-55-25-21-49-37-45(11-15-51(49)39-55)13-23-53-35-43(3)58-57(47-17-19-48(20-18-47)60(64)65)59-44(4)36-54(24-14-46-12-16-52-40-56(26-22-50(52)38-46)75-42-79(68,69)77-8-2)63(59)61(62(53)58,27-9-29-72-33-31-70-5)28-10-30-73-34-32-71-6/h11-26,35-40H,7-8,29-34,41-42H2,1-6H3,(H,64,65)(H,66,67)(H,68,69)/q+1/b23-13+,24-14+. The maximum Gasteiger partial charge on any atom is 0.520 e. The van der Waals surface area contributed by atoms with E-state index in [0.29, 0.717) is 37.9 Å². The number of ether oxygens (including phenoxy) is 6. The molecule has 8 rings (SSSR count). The zero-order valence-electron chi connectivity index (χ0n) is 45.0. The molecule has 19 heteroatoms. The lowest BCUT2D eigenvalue weighted by Crippen LogP contribution is -2.57. The molecule has 0 saturated heterocycles. The van der Waals surface area contributed by atoms with E-state index in [0.717, 1.165) is 77.7 Å². The molecule has 16 nitrogen and oxygen atoms in total. The van der Waals surface area contributed by atoms with Gasteiger partial charge in [0.05, 0.1) is 37.6 Å². The number of benzene rings is 5. The second-order valence-corrected chi connectivity index (χ2v) is 22.2. The molecule has 3 heterocycles. The second-order valence-electron chi connectivity index (χ2n) is 18.6. The van der Waals surface area contributed by atoms with Gasteiger partial charge in [0.15, 0.2) is 24.1 Å². The van der Waals surface area contributed by atoms with E-state index in [9.17, 15) is 28.8 Å². The SMILES string of the molecule is CCOP(=O)(O)COc1ccc2cc(/C=C/C3=[N+]4C(=C(c5ccc(C(=O)O)cc5)c5c(C)cc(/C=C/c6ccc7cc(OCP(=O)(O)OCC)ccc7c6)n5[B-]4(C#CCOCCOC)C#CCOCC[O+]C)C(C)=C3)ccc2c1. The first-order chi connectivity index (χ1) is 38.1. The Morgan fingerprint density at radius 3 is 1.80 bits per heavy atom. The number of carboxylic acid groups (broad SMARTS) is 1. The lowest BCUT2D eigenvalue weighted by atomic mass is 9.45. The predicted octanol–water partition coefficient (Wildman–Crippen LogP) is 10.7. The van der Waals surface area contributed by atoms with Crippen molar-refractivity contribution in [3.8, 4) is 35.0 Å². The molecule has 2 aliphatic rings. The number of allylic oxidation sites excluding steroid dienone is 3. The van der Waals surface area contributed by atoms with Crippen molar-refractivity contribution in [1.29, 1.82) is 0 Å². The van der Waals surface area contributed by atoms with E-state index in [-0.39, 0.29) is 32.0 Å². The molecule has 2 unspecified atom stereocenters. The summed E-state index contributed by atoms with van der Waals surface area (Å²) in [4.78, 5) is 32.4. The molecular formula is C60H63BN2O14P2+. The third-order valence-electron chi connectivity index (χ3n) is 13.0. The molecule has 5 aromatic carbocycles. The van der Waals surface area contributed by atoms with Gasteiger partial charge in [-0.3, -0.25) is 9.13 Å². The van der Waals surface area contributed by atoms with Crippen molar-refractivity contribution in [2.45, 2.75) is 27.7 Å². The summed E-state index contributed by atoms with van der Waals surface area (Å²) in [5, 5.41) is 13.6. The Labute approximate surface area is 460 Å². The van der Waals surface area contributed by atoms with Crippen LogP contribution in [0.15, 0.2) is 127 Å². The van der Waals surface area contributed by atoms with Gasteiger partial charge in [0.25, 0.3) is 0 Å². The average Bonchev–Trinajstić information content (AvgIpc) is 2.38. The van der Waals surface area contributed by atoms with Gasteiger partial charge < -0.3 is 56.6 Å². The molecule has 0 spiro atoms. The first kappa shape index (κ1) is 58.1. The van der Waals surface area contributed by atoms with Gasteiger partial charge in [0, 0.05) is 36.2 Å². The van der Waals surface area contributed by atoms with Crippen LogP contribution >= 0.6 is 15.2 Å². The summed E-state index contributed by atoms with van der Waals surface area (Å²) in [6.45, 7) is 9.17. The Morgan fingerprint density at radius 1 is 0.709 bits per heavy atom. The number of rotatable bonds is 24. The lowest BCUT2D eigenvalue weighted by molar-refractivity contribution is -0.328. The molecule has 1 aromatic heterocycles. The summed E-state index contributed by atoms with van der Waals surface area (Å²) < 4.78 is 72.8. The quantitative estimate of drug-likeness (QED) is 0.0170. The highest BCUT2D eigenvalue weighted by Crippen LogP contribution is 2.45. The predicted molar refractivity (Wildman–Crippen MR) is 309 cm³/mol. The number of carbonyl (C=O) groups is 1. The number of fused-ring (bicyclic) bond motifs is 4. The van der Waals surface area contributed by atoms with E-state index in [4.69, 9.17) is 37.5 Å². The molecule has 0 aliphatic carbocycles. The normalized spacial score (nSPS) is 16.5. The van der Waals surface area contributed by atoms with E-state index in [1.165, 1.54) is 0 Å². The molecule has 1 radical (unpaired) electrons. The van der Waals surface area contributed by atoms with Crippen LogP contribution in [-0.2, 0) is 37.1 Å². The van der Waals surface area contributed by atoms with Crippen molar-refractivity contribution in [2.24, 2.45) is 0 Å². The zero-order chi connectivity index (χ0) is 56.2. The van der Waals surface area contributed by atoms with E-state index in [1.807, 2.05) is 111 Å². The van der Waals surface area contributed by atoms with Gasteiger partial charge in [0.1, 0.15) is 31.3 Å². The van der Waals surface area contributed by atoms with E-state index < -0.39 is 40.3 Å². The Balaban J connectivity index is 1.30. The molecular weight excluding hydrogens is 1050 g/mol. The van der Waals surface area contributed by atoms with Crippen LogP contribution in [0.2, 0.25) is 0 Å². The first-order valence-corrected chi connectivity index (χ1v) is 29.2. The van der Waals surface area contributed by atoms with Crippen LogP contribution in [0.4, 0.5) is 0 Å². The minimum absolute atomic E-state index is 0.0823. The number of aromatic nitrogens is 1. The fourth-order valence-electron chi connectivity index (χ4n) is 9.55. The van der Waals surface area contributed by atoms with Crippen molar-refractivity contribution in [3.63, 3.8) is 0 Å². The molecule has 409 valence electrons. The average molecular weight is 1110 g/mol. The summed E-state index contributed by atoms with van der Waals surface area (Å²) in [5.74, 6) is 14.0. The molecule has 0 fully saturated rings. The number of hydrogen-bond acceptors (Lipinski definition) is 11. The van der Waals surface area contributed by atoms with Crippen molar-refractivity contribution in [2.75, 3.05) is 79.8 Å². The summed E-state index contributed by atoms with van der Waals surface area (Å²) >= 11 is 0. The third-order valence-corrected chi connectivity index (χ3v) is 15.2. The van der Waals surface area contributed by atoms with E-state index in [2.05, 4.69) is 44.6 Å².